The van der Waals surface area contributed by atoms with E-state index in [0.717, 1.165) is 35.2 Å². The second-order valence-corrected chi connectivity index (χ2v) is 10.1. The Balaban J connectivity index is 1.20. The number of rotatable bonds is 1. The zero-order valence-corrected chi connectivity index (χ0v) is 19.5. The van der Waals surface area contributed by atoms with Gasteiger partial charge in [0.05, 0.1) is 0 Å². The van der Waals surface area contributed by atoms with Crippen LogP contribution in [0.2, 0.25) is 0 Å². The van der Waals surface area contributed by atoms with E-state index in [1.807, 2.05) is 18.2 Å². The van der Waals surface area contributed by atoms with Crippen molar-refractivity contribution in [1.82, 2.24) is 0 Å². The van der Waals surface area contributed by atoms with Crippen molar-refractivity contribution >= 4 is 55.3 Å². The standard InChI is InChI=1S/C33H21NO2/c1-3-9-28-23(6-1)32-22(8-5-11-30(32)35-28)19-12-13-26-20(16-19)17-21-18-25-27(34(21)26)14-15-31-33(25)24-7-2-4-10-29(24)36-31/h1-16,21H,17-18H2. The smallest absolute Gasteiger partial charge is 0.136 e. The fourth-order valence-electron chi connectivity index (χ4n) is 6.74. The summed E-state index contributed by atoms with van der Waals surface area (Å²) in [7, 11) is 0. The van der Waals surface area contributed by atoms with E-state index in [1.54, 1.807) is 0 Å². The van der Waals surface area contributed by atoms with E-state index in [2.05, 4.69) is 83.8 Å². The highest BCUT2D eigenvalue weighted by atomic mass is 16.3. The van der Waals surface area contributed by atoms with Crippen molar-refractivity contribution in [2.75, 3.05) is 4.90 Å². The molecule has 0 saturated carbocycles. The van der Waals surface area contributed by atoms with E-state index in [9.17, 15) is 0 Å². The quantitative estimate of drug-likeness (QED) is 0.244. The van der Waals surface area contributed by atoms with E-state index in [0.29, 0.717) is 6.04 Å². The van der Waals surface area contributed by atoms with E-state index in [4.69, 9.17) is 8.83 Å². The van der Waals surface area contributed by atoms with Gasteiger partial charge in [-0.3, -0.25) is 0 Å². The molecule has 0 amide bonds. The molecule has 0 spiro atoms. The second kappa shape index (κ2) is 6.58. The van der Waals surface area contributed by atoms with Crippen LogP contribution >= 0.6 is 0 Å². The lowest BCUT2D eigenvalue weighted by Gasteiger charge is -2.20. The van der Waals surface area contributed by atoms with Gasteiger partial charge in [-0.05, 0) is 77.6 Å². The maximum atomic E-state index is 6.17. The number of hydrogen-bond acceptors (Lipinski definition) is 3. The largest absolute Gasteiger partial charge is 0.456 e. The van der Waals surface area contributed by atoms with Gasteiger partial charge in [-0.2, -0.15) is 0 Å². The van der Waals surface area contributed by atoms with Gasteiger partial charge >= 0.3 is 0 Å². The third kappa shape index (κ3) is 2.33. The fourth-order valence-corrected chi connectivity index (χ4v) is 6.74. The summed E-state index contributed by atoms with van der Waals surface area (Å²) in [5.74, 6) is 0. The molecule has 7 aromatic rings. The van der Waals surface area contributed by atoms with Crippen LogP contribution in [0.15, 0.2) is 106 Å². The highest BCUT2D eigenvalue weighted by molar-refractivity contribution is 6.13. The van der Waals surface area contributed by atoms with Crippen molar-refractivity contribution in [3.8, 4) is 11.1 Å². The third-order valence-corrected chi connectivity index (χ3v) is 8.20. The van der Waals surface area contributed by atoms with Gasteiger partial charge in [-0.25, -0.2) is 0 Å². The predicted octanol–water partition coefficient (Wildman–Crippen LogP) is 8.77. The maximum absolute atomic E-state index is 6.17. The van der Waals surface area contributed by atoms with Gasteiger partial charge in [0.15, 0.2) is 0 Å². The molecule has 36 heavy (non-hydrogen) atoms. The van der Waals surface area contributed by atoms with E-state index >= 15 is 0 Å². The molecule has 2 aromatic heterocycles. The number of fused-ring (bicyclic) bond motifs is 12. The normalized spacial score (nSPS) is 16.3. The van der Waals surface area contributed by atoms with Gasteiger partial charge in [0.1, 0.15) is 22.3 Å². The van der Waals surface area contributed by atoms with Crippen LogP contribution in [0.5, 0.6) is 0 Å². The number of anilines is 2. The van der Waals surface area contributed by atoms with Crippen LogP contribution in [0.1, 0.15) is 11.1 Å². The Morgan fingerprint density at radius 3 is 2.11 bits per heavy atom. The number of nitrogens with zero attached hydrogens (tertiary/aromatic N) is 1. The molecule has 4 heterocycles. The molecule has 0 saturated heterocycles. The number of benzene rings is 5. The van der Waals surface area contributed by atoms with Gasteiger partial charge in [-0.1, -0.05) is 54.6 Å². The summed E-state index contributed by atoms with van der Waals surface area (Å²) >= 11 is 0. The average Bonchev–Trinajstić information content (AvgIpc) is 3.65. The van der Waals surface area contributed by atoms with Crippen LogP contribution < -0.4 is 4.90 Å². The molecule has 2 aliphatic rings. The summed E-state index contributed by atoms with van der Waals surface area (Å²) in [4.78, 5) is 2.56. The van der Waals surface area contributed by atoms with Crippen LogP contribution in [0.25, 0.3) is 55.0 Å². The summed E-state index contributed by atoms with van der Waals surface area (Å²) in [5.41, 5.74) is 11.8. The molecule has 9 rings (SSSR count). The fraction of sp³-hybridized carbons (Fsp3) is 0.0909. The monoisotopic (exact) mass is 463 g/mol. The Morgan fingerprint density at radius 1 is 0.583 bits per heavy atom. The van der Waals surface area contributed by atoms with E-state index in [1.165, 1.54) is 55.2 Å². The third-order valence-electron chi connectivity index (χ3n) is 8.20. The lowest BCUT2D eigenvalue weighted by atomic mass is 9.95. The first-order chi connectivity index (χ1) is 17.8. The molecule has 1 unspecified atom stereocenters. The molecular formula is C33H21NO2. The zero-order chi connectivity index (χ0) is 23.4. The minimum Gasteiger partial charge on any atom is -0.456 e. The summed E-state index contributed by atoms with van der Waals surface area (Å²) in [5, 5.41) is 4.89. The van der Waals surface area contributed by atoms with Crippen LogP contribution in [0, 0.1) is 0 Å². The van der Waals surface area contributed by atoms with E-state index in [-0.39, 0.29) is 0 Å². The molecule has 0 N–H and O–H groups in total. The highest BCUT2D eigenvalue weighted by Gasteiger charge is 2.38. The van der Waals surface area contributed by atoms with Crippen molar-refractivity contribution in [1.29, 1.82) is 0 Å². The molecular weight excluding hydrogens is 442 g/mol. The zero-order valence-electron chi connectivity index (χ0n) is 19.5. The van der Waals surface area contributed by atoms with Crippen molar-refractivity contribution in [3.63, 3.8) is 0 Å². The van der Waals surface area contributed by atoms with Crippen LogP contribution in [-0.2, 0) is 12.8 Å². The van der Waals surface area contributed by atoms with Crippen molar-refractivity contribution in [2.24, 2.45) is 0 Å². The molecule has 0 bridgehead atoms. The molecule has 0 aliphatic carbocycles. The van der Waals surface area contributed by atoms with E-state index < -0.39 is 0 Å². The Kier molecular flexibility index (Phi) is 3.43. The summed E-state index contributed by atoms with van der Waals surface area (Å²) in [6.07, 6.45) is 2.10. The number of hydrogen-bond donors (Lipinski definition) is 0. The minimum absolute atomic E-state index is 0.454. The van der Waals surface area contributed by atoms with Crippen molar-refractivity contribution < 1.29 is 8.83 Å². The molecule has 1 atom stereocenters. The highest BCUT2D eigenvalue weighted by Crippen LogP contribution is 2.50. The number of para-hydroxylation sites is 2. The Bertz CT molecular complexity index is 2030. The summed E-state index contributed by atoms with van der Waals surface area (Å²) < 4.78 is 12.3. The first-order valence-corrected chi connectivity index (χ1v) is 12.6. The molecule has 3 nitrogen and oxygen atoms in total. The number of furan rings is 2. The maximum Gasteiger partial charge on any atom is 0.136 e. The molecule has 5 aromatic carbocycles. The van der Waals surface area contributed by atoms with Crippen molar-refractivity contribution in [3.05, 3.63) is 108 Å². The van der Waals surface area contributed by atoms with Crippen LogP contribution in [0.3, 0.4) is 0 Å². The van der Waals surface area contributed by atoms with Gasteiger partial charge < -0.3 is 13.7 Å². The molecule has 3 heteroatoms. The second-order valence-electron chi connectivity index (χ2n) is 10.1. The Hall–Kier alpha value is -4.50. The molecule has 170 valence electrons. The predicted molar refractivity (Wildman–Crippen MR) is 146 cm³/mol. The van der Waals surface area contributed by atoms with Crippen molar-refractivity contribution in [2.45, 2.75) is 18.9 Å². The molecule has 2 aliphatic heterocycles. The van der Waals surface area contributed by atoms with Gasteiger partial charge in [-0.15, -0.1) is 0 Å². The summed E-state index contributed by atoms with van der Waals surface area (Å²) in [6, 6.07) is 35.0. The summed E-state index contributed by atoms with van der Waals surface area (Å²) in [6.45, 7) is 0. The Morgan fingerprint density at radius 2 is 1.28 bits per heavy atom. The SMILES string of the molecule is c1ccc2c(c1)oc1cccc(-c3ccc4c(c3)CC3Cc5c(ccc6oc7ccccc7c56)N43)c12. The lowest BCUT2D eigenvalue weighted by molar-refractivity contribution is 0.668. The first kappa shape index (κ1) is 18.8. The van der Waals surface area contributed by atoms with Gasteiger partial charge in [0, 0.05) is 39.0 Å². The molecule has 0 radical (unpaired) electrons. The Labute approximate surface area is 207 Å². The van der Waals surface area contributed by atoms with Crippen LogP contribution in [0.4, 0.5) is 11.4 Å². The molecule has 0 fully saturated rings. The lowest BCUT2D eigenvalue weighted by Crippen LogP contribution is -2.22. The topological polar surface area (TPSA) is 29.5 Å². The minimum atomic E-state index is 0.454. The van der Waals surface area contributed by atoms with Gasteiger partial charge in [0.2, 0.25) is 0 Å². The first-order valence-electron chi connectivity index (χ1n) is 12.6. The van der Waals surface area contributed by atoms with Gasteiger partial charge in [0.25, 0.3) is 0 Å². The van der Waals surface area contributed by atoms with Crippen LogP contribution in [-0.4, -0.2) is 6.04 Å². The average molecular weight is 464 g/mol.